The van der Waals surface area contributed by atoms with Crippen LogP contribution in [0.15, 0.2) is 72.3 Å². The van der Waals surface area contributed by atoms with Crippen LogP contribution < -0.4 is 0 Å². The second-order valence-corrected chi connectivity index (χ2v) is 7.69. The SMILES string of the molecule is CC1=CCC2CC1C2(C)C.[O-]/[N+](=C\c1ccccc1)c1ccccc1. The molecule has 2 heteroatoms. The Kier molecular flexibility index (Phi) is 5.08. The number of allylic oxidation sites excluding steroid dienone is 2. The summed E-state index contributed by atoms with van der Waals surface area (Å²) in [5, 5.41) is 11.7. The molecule has 0 aliphatic heterocycles. The van der Waals surface area contributed by atoms with Gasteiger partial charge in [0.25, 0.3) is 0 Å². The molecule has 130 valence electrons. The highest BCUT2D eigenvalue weighted by molar-refractivity contribution is 5.76. The van der Waals surface area contributed by atoms with E-state index in [0.717, 1.165) is 22.1 Å². The van der Waals surface area contributed by atoms with E-state index in [9.17, 15) is 5.21 Å². The standard InChI is InChI=1S/C13H11NO.C10H16/c15-14(13-9-5-2-6-10-13)11-12-7-3-1-4-8-12;1-7-4-5-8-6-9(7)10(8,2)3/h1-11H;4,8-9H,5-6H2,1-3H3/b14-11-;. The van der Waals surface area contributed by atoms with Crippen molar-refractivity contribution in [2.24, 2.45) is 17.3 Å². The van der Waals surface area contributed by atoms with Gasteiger partial charge in [-0.15, -0.1) is 0 Å². The van der Waals surface area contributed by atoms with E-state index in [1.54, 1.807) is 23.9 Å². The zero-order valence-electron chi connectivity index (χ0n) is 15.4. The number of para-hydroxylation sites is 1. The molecule has 25 heavy (non-hydrogen) atoms. The topological polar surface area (TPSA) is 26.1 Å². The molecule has 0 radical (unpaired) electrons. The molecule has 2 bridgehead atoms. The van der Waals surface area contributed by atoms with Gasteiger partial charge in [0.2, 0.25) is 5.69 Å². The van der Waals surface area contributed by atoms with Gasteiger partial charge >= 0.3 is 0 Å². The average Bonchev–Trinajstić information content (AvgIpc) is 2.63. The second-order valence-electron chi connectivity index (χ2n) is 7.69. The molecule has 0 N–H and O–H groups in total. The van der Waals surface area contributed by atoms with Crippen LogP contribution in [0.25, 0.3) is 0 Å². The third-order valence-electron chi connectivity index (χ3n) is 5.82. The van der Waals surface area contributed by atoms with Crippen LogP contribution in [0.2, 0.25) is 0 Å². The fourth-order valence-electron chi connectivity index (χ4n) is 3.98. The number of hydrogen-bond acceptors (Lipinski definition) is 1. The van der Waals surface area contributed by atoms with Gasteiger partial charge in [-0.05, 0) is 49.1 Å². The molecule has 2 nitrogen and oxygen atoms in total. The predicted octanol–water partition coefficient (Wildman–Crippen LogP) is 5.95. The van der Waals surface area contributed by atoms with Gasteiger partial charge in [0.05, 0.1) is 0 Å². The lowest BCUT2D eigenvalue weighted by atomic mass is 9.49. The van der Waals surface area contributed by atoms with Crippen LogP contribution in [-0.4, -0.2) is 11.0 Å². The Bertz CT molecular complexity index is 759. The lowest BCUT2D eigenvalue weighted by Gasteiger charge is -2.56. The van der Waals surface area contributed by atoms with Gasteiger partial charge in [-0.1, -0.05) is 61.9 Å². The first-order valence-corrected chi connectivity index (χ1v) is 9.06. The van der Waals surface area contributed by atoms with Crippen molar-refractivity contribution >= 4 is 11.9 Å². The lowest BCUT2D eigenvalue weighted by molar-refractivity contribution is -0.354. The normalized spacial score (nSPS) is 23.6. The van der Waals surface area contributed by atoms with Crippen LogP contribution in [0.1, 0.15) is 39.2 Å². The van der Waals surface area contributed by atoms with Crippen molar-refractivity contribution in [1.29, 1.82) is 0 Å². The van der Waals surface area contributed by atoms with Gasteiger partial charge in [0, 0.05) is 17.7 Å². The Morgan fingerprint density at radius 1 is 1.00 bits per heavy atom. The Morgan fingerprint density at radius 3 is 2.08 bits per heavy atom. The Hall–Kier alpha value is -2.35. The highest BCUT2D eigenvalue weighted by Gasteiger charge is 2.49. The van der Waals surface area contributed by atoms with E-state index < -0.39 is 0 Å². The number of fused-ring (bicyclic) bond motifs is 1. The summed E-state index contributed by atoms with van der Waals surface area (Å²) in [6.45, 7) is 7.13. The molecule has 2 unspecified atom stereocenters. The fraction of sp³-hybridized carbons (Fsp3) is 0.348. The van der Waals surface area contributed by atoms with Crippen molar-refractivity contribution in [3.8, 4) is 0 Å². The summed E-state index contributed by atoms with van der Waals surface area (Å²) in [5.41, 5.74) is 3.82. The van der Waals surface area contributed by atoms with Gasteiger partial charge in [-0.2, -0.15) is 4.74 Å². The Balaban J connectivity index is 0.000000157. The van der Waals surface area contributed by atoms with Crippen LogP contribution in [0.4, 0.5) is 5.69 Å². The van der Waals surface area contributed by atoms with Crippen molar-refractivity contribution in [2.75, 3.05) is 0 Å². The molecule has 5 rings (SSSR count). The van der Waals surface area contributed by atoms with E-state index in [2.05, 4.69) is 26.8 Å². The minimum atomic E-state index is 0.638. The van der Waals surface area contributed by atoms with Gasteiger partial charge in [0.1, 0.15) is 0 Å². The molecule has 2 aromatic rings. The monoisotopic (exact) mass is 333 g/mol. The summed E-state index contributed by atoms with van der Waals surface area (Å²) >= 11 is 0. The summed E-state index contributed by atoms with van der Waals surface area (Å²) in [5.74, 6) is 1.92. The highest BCUT2D eigenvalue weighted by Crippen LogP contribution is 2.58. The molecule has 0 saturated heterocycles. The van der Waals surface area contributed by atoms with Gasteiger partial charge in [0.15, 0.2) is 6.21 Å². The minimum absolute atomic E-state index is 0.638. The molecule has 1 fully saturated rings. The number of rotatable bonds is 2. The predicted molar refractivity (Wildman–Crippen MR) is 105 cm³/mol. The molecule has 0 spiro atoms. The van der Waals surface area contributed by atoms with Crippen molar-refractivity contribution in [3.63, 3.8) is 0 Å². The van der Waals surface area contributed by atoms with Crippen LogP contribution in [0.5, 0.6) is 0 Å². The van der Waals surface area contributed by atoms with E-state index >= 15 is 0 Å². The summed E-state index contributed by atoms with van der Waals surface area (Å²) < 4.78 is 0.870. The maximum atomic E-state index is 11.7. The van der Waals surface area contributed by atoms with Gasteiger partial charge in [-0.25, -0.2) is 0 Å². The number of nitrogens with zero attached hydrogens (tertiary/aromatic N) is 1. The first-order valence-electron chi connectivity index (χ1n) is 9.06. The average molecular weight is 333 g/mol. The first-order chi connectivity index (χ1) is 12.0. The van der Waals surface area contributed by atoms with Gasteiger partial charge in [-0.3, -0.25) is 0 Å². The smallest absolute Gasteiger partial charge is 0.216 e. The van der Waals surface area contributed by atoms with Crippen molar-refractivity contribution in [1.82, 2.24) is 0 Å². The lowest BCUT2D eigenvalue weighted by Crippen LogP contribution is -2.47. The van der Waals surface area contributed by atoms with E-state index in [0.29, 0.717) is 11.1 Å². The quantitative estimate of drug-likeness (QED) is 0.219. The third kappa shape index (κ3) is 3.84. The molecular formula is C23H27NO. The van der Waals surface area contributed by atoms with Crippen LogP contribution in [0.3, 0.4) is 0 Å². The largest absolute Gasteiger partial charge is 0.618 e. The van der Waals surface area contributed by atoms with Crippen LogP contribution in [0, 0.1) is 22.5 Å². The molecule has 0 aromatic heterocycles. The maximum absolute atomic E-state index is 11.7. The summed E-state index contributed by atoms with van der Waals surface area (Å²) in [7, 11) is 0. The molecule has 0 heterocycles. The van der Waals surface area contributed by atoms with Crippen molar-refractivity contribution in [3.05, 3.63) is 83.1 Å². The second kappa shape index (κ2) is 7.26. The van der Waals surface area contributed by atoms with E-state index in [-0.39, 0.29) is 0 Å². The van der Waals surface area contributed by atoms with E-state index in [1.807, 2.05) is 48.5 Å². The summed E-state index contributed by atoms with van der Waals surface area (Å²) in [4.78, 5) is 0. The molecule has 2 aromatic carbocycles. The van der Waals surface area contributed by atoms with Gasteiger partial charge < -0.3 is 5.21 Å². The van der Waals surface area contributed by atoms with Crippen molar-refractivity contribution in [2.45, 2.75) is 33.6 Å². The van der Waals surface area contributed by atoms with Crippen molar-refractivity contribution < 1.29 is 4.74 Å². The summed E-state index contributed by atoms with van der Waals surface area (Å²) in [6.07, 6.45) is 6.81. The minimum Gasteiger partial charge on any atom is -0.618 e. The molecule has 3 aliphatic carbocycles. The zero-order valence-corrected chi connectivity index (χ0v) is 15.4. The Labute approximate surface area is 151 Å². The van der Waals surface area contributed by atoms with E-state index in [4.69, 9.17) is 0 Å². The van der Waals surface area contributed by atoms with E-state index in [1.165, 1.54) is 12.8 Å². The Morgan fingerprint density at radius 2 is 1.60 bits per heavy atom. The molecular weight excluding hydrogens is 306 g/mol. The molecule has 1 saturated carbocycles. The zero-order chi connectivity index (χ0) is 17.9. The maximum Gasteiger partial charge on any atom is 0.216 e. The fourth-order valence-corrected chi connectivity index (χ4v) is 3.98. The number of benzene rings is 2. The summed E-state index contributed by atoms with van der Waals surface area (Å²) in [6, 6.07) is 18.7. The van der Waals surface area contributed by atoms with Crippen LogP contribution in [-0.2, 0) is 0 Å². The molecule has 2 atom stereocenters. The molecule has 3 aliphatic rings. The first kappa shape index (κ1) is 17.5. The highest BCUT2D eigenvalue weighted by atomic mass is 16.5. The van der Waals surface area contributed by atoms with Crippen LogP contribution >= 0.6 is 0 Å². The third-order valence-corrected chi connectivity index (χ3v) is 5.82. The molecule has 0 amide bonds. The number of hydrogen-bond donors (Lipinski definition) is 0.